The van der Waals surface area contributed by atoms with Crippen molar-refractivity contribution in [3.63, 3.8) is 0 Å². The number of ether oxygens (including phenoxy) is 1. The van der Waals surface area contributed by atoms with Gasteiger partial charge in [-0.25, -0.2) is 0 Å². The molecule has 20 heavy (non-hydrogen) atoms. The fourth-order valence-electron chi connectivity index (χ4n) is 1.94. The highest BCUT2D eigenvalue weighted by Crippen LogP contribution is 2.58. The molecular weight excluding hydrogens is 322 g/mol. The Labute approximate surface area is 112 Å². The molecule has 1 aliphatic heterocycles. The predicted octanol–water partition coefficient (Wildman–Crippen LogP) is -3.49. The maximum atomic E-state index is 11.3. The van der Waals surface area contributed by atoms with E-state index < -0.39 is 57.7 Å². The first-order chi connectivity index (χ1) is 8.84. The van der Waals surface area contributed by atoms with Crippen molar-refractivity contribution in [1.82, 2.24) is 0 Å². The van der Waals surface area contributed by atoms with Crippen LogP contribution in [0, 0.1) is 0 Å². The lowest BCUT2D eigenvalue weighted by Gasteiger charge is -2.47. The molecule has 1 rings (SSSR count). The Bertz CT molecular complexity index is 442. The number of hydrogen-bond acceptors (Lipinski definition) is 7. The Hall–Kier alpha value is 0.1000. The van der Waals surface area contributed by atoms with Crippen LogP contribution in [0.2, 0.25) is 0 Å². The maximum absolute atomic E-state index is 11.3. The minimum atomic E-state index is -5.53. The van der Waals surface area contributed by atoms with Gasteiger partial charge in [0.25, 0.3) is 0 Å². The first-order valence-corrected chi connectivity index (χ1v) is 8.70. The molecule has 1 fully saturated rings. The van der Waals surface area contributed by atoms with Gasteiger partial charge >= 0.3 is 15.2 Å². The fourth-order valence-corrected chi connectivity index (χ4v) is 3.91. The van der Waals surface area contributed by atoms with Gasteiger partial charge in [-0.15, -0.1) is 0 Å². The quantitative estimate of drug-likeness (QED) is 0.236. The average Bonchev–Trinajstić information content (AvgIpc) is 2.26. The van der Waals surface area contributed by atoms with E-state index in [0.29, 0.717) is 0 Å². The Kier molecular flexibility index (Phi) is 5.18. The lowest BCUT2D eigenvalue weighted by molar-refractivity contribution is -0.244. The van der Waals surface area contributed by atoms with Gasteiger partial charge in [0.15, 0.2) is 0 Å². The molecule has 13 heteroatoms. The first kappa shape index (κ1) is 18.1. The van der Waals surface area contributed by atoms with Crippen LogP contribution in [-0.4, -0.2) is 82.5 Å². The molecule has 0 aromatic carbocycles. The Morgan fingerprint density at radius 2 is 1.60 bits per heavy atom. The van der Waals surface area contributed by atoms with E-state index in [1.54, 1.807) is 0 Å². The molecule has 0 bridgehead atoms. The molecule has 0 unspecified atom stereocenters. The summed E-state index contributed by atoms with van der Waals surface area (Å²) in [5, 5.41) is 34.6. The predicted molar refractivity (Wildman–Crippen MR) is 61.7 cm³/mol. The molecule has 120 valence electrons. The van der Waals surface area contributed by atoms with E-state index in [4.69, 9.17) is 29.4 Å². The molecule has 1 heterocycles. The lowest BCUT2D eigenvalue weighted by atomic mass is 9.95. The van der Waals surface area contributed by atoms with E-state index >= 15 is 0 Å². The van der Waals surface area contributed by atoms with Crippen LogP contribution < -0.4 is 0 Å². The van der Waals surface area contributed by atoms with Crippen LogP contribution in [0.3, 0.4) is 0 Å². The van der Waals surface area contributed by atoms with Crippen LogP contribution in [0.25, 0.3) is 0 Å². The normalized spacial score (nSPS) is 39.8. The molecule has 0 aromatic heterocycles. The third-order valence-corrected chi connectivity index (χ3v) is 5.30. The van der Waals surface area contributed by atoms with Gasteiger partial charge in [0.05, 0.1) is 12.8 Å². The van der Waals surface area contributed by atoms with Gasteiger partial charge in [-0.05, 0) is 0 Å². The van der Waals surface area contributed by atoms with Crippen molar-refractivity contribution in [2.24, 2.45) is 0 Å². The van der Waals surface area contributed by atoms with Gasteiger partial charge in [0, 0.05) is 0 Å². The van der Waals surface area contributed by atoms with Crippen LogP contribution in [-0.2, 0) is 13.9 Å². The fraction of sp³-hybridized carbons (Fsp3) is 1.00. The zero-order chi connectivity index (χ0) is 15.9. The maximum Gasteiger partial charge on any atom is 0.362 e. The van der Waals surface area contributed by atoms with E-state index in [-0.39, 0.29) is 0 Å². The molecule has 5 atom stereocenters. The smallest absolute Gasteiger partial charge is 0.362 e. The van der Waals surface area contributed by atoms with Crippen LogP contribution in [0.5, 0.6) is 0 Å². The number of aliphatic hydroxyl groups excluding tert-OH is 3. The molecule has 0 aromatic rings. The second kappa shape index (κ2) is 5.71. The van der Waals surface area contributed by atoms with Crippen molar-refractivity contribution in [2.75, 3.05) is 12.8 Å². The molecule has 1 aliphatic rings. The highest BCUT2D eigenvalue weighted by molar-refractivity contribution is 7.54. The summed E-state index contributed by atoms with van der Waals surface area (Å²) in [6.07, 6.45) is -9.57. The van der Waals surface area contributed by atoms with Gasteiger partial charge in [-0.1, -0.05) is 0 Å². The zero-order valence-corrected chi connectivity index (χ0v) is 11.7. The summed E-state index contributed by atoms with van der Waals surface area (Å²) in [7, 11) is -10.4. The third-order valence-electron chi connectivity index (χ3n) is 3.00. The van der Waals surface area contributed by atoms with Crippen LogP contribution >= 0.6 is 15.2 Å². The standard InChI is InChI=1S/C7H16O11P2/c8-1-3-5(9)6(10)7(11,20(15,16)17)4(18-3)2-19(12,13)14/h3-6,8-11H,1-2H2,(H2,12,13,14)(H2,15,16,17)/t3-,4+,5+,6+,7-/m1/s1. The van der Waals surface area contributed by atoms with Crippen molar-refractivity contribution in [3.05, 3.63) is 0 Å². The Balaban J connectivity index is 3.26. The molecule has 0 spiro atoms. The summed E-state index contributed by atoms with van der Waals surface area (Å²) >= 11 is 0. The summed E-state index contributed by atoms with van der Waals surface area (Å²) in [5.74, 6) is 0. The van der Waals surface area contributed by atoms with Crippen LogP contribution in [0.1, 0.15) is 0 Å². The summed E-state index contributed by atoms with van der Waals surface area (Å²) in [4.78, 5) is 35.9. The second-order valence-electron chi connectivity index (χ2n) is 4.46. The van der Waals surface area contributed by atoms with Crippen molar-refractivity contribution in [2.45, 2.75) is 29.8 Å². The van der Waals surface area contributed by atoms with Crippen LogP contribution in [0.15, 0.2) is 0 Å². The summed E-state index contributed by atoms with van der Waals surface area (Å²) < 4.78 is 27.0. The van der Waals surface area contributed by atoms with E-state index in [1.807, 2.05) is 0 Å². The number of rotatable bonds is 4. The minimum absolute atomic E-state index is 0.896. The minimum Gasteiger partial charge on any atom is -0.394 e. The SMILES string of the molecule is O=P(O)(O)C[C@@H]1O[C@H](CO)[C@H](O)[C@H](O)[C@]1(O)P(=O)(O)O. The van der Waals surface area contributed by atoms with Gasteiger partial charge in [-0.2, -0.15) is 0 Å². The van der Waals surface area contributed by atoms with Gasteiger partial charge in [-0.3, -0.25) is 9.13 Å². The van der Waals surface area contributed by atoms with Crippen molar-refractivity contribution >= 4 is 15.2 Å². The third kappa shape index (κ3) is 3.29. The largest absolute Gasteiger partial charge is 0.394 e. The van der Waals surface area contributed by atoms with Crippen LogP contribution in [0.4, 0.5) is 0 Å². The molecule has 0 radical (unpaired) electrons. The van der Waals surface area contributed by atoms with E-state index in [0.717, 1.165) is 0 Å². The molecule has 8 N–H and O–H groups in total. The summed E-state index contributed by atoms with van der Waals surface area (Å²) in [6.45, 7) is -0.896. The number of hydrogen-bond donors (Lipinski definition) is 8. The molecule has 0 aliphatic carbocycles. The highest BCUT2D eigenvalue weighted by atomic mass is 31.2. The first-order valence-electron chi connectivity index (χ1n) is 5.29. The molecule has 0 amide bonds. The number of aliphatic hydroxyl groups is 4. The molecular formula is C7H16O11P2. The average molecular weight is 338 g/mol. The van der Waals surface area contributed by atoms with E-state index in [9.17, 15) is 24.4 Å². The van der Waals surface area contributed by atoms with E-state index in [1.165, 1.54) is 0 Å². The summed E-state index contributed by atoms with van der Waals surface area (Å²) in [6, 6.07) is 0. The lowest BCUT2D eigenvalue weighted by Crippen LogP contribution is -2.67. The summed E-state index contributed by atoms with van der Waals surface area (Å²) in [5.41, 5.74) is 0. The van der Waals surface area contributed by atoms with Gasteiger partial charge in [0.1, 0.15) is 24.4 Å². The van der Waals surface area contributed by atoms with Gasteiger partial charge in [0.2, 0.25) is 5.34 Å². The van der Waals surface area contributed by atoms with Crippen molar-refractivity contribution in [3.8, 4) is 0 Å². The molecule has 1 saturated heterocycles. The zero-order valence-electron chi connectivity index (χ0n) is 9.92. The molecule has 0 saturated carbocycles. The van der Waals surface area contributed by atoms with Gasteiger partial charge < -0.3 is 44.7 Å². The Morgan fingerprint density at radius 3 is 1.95 bits per heavy atom. The van der Waals surface area contributed by atoms with Crippen molar-refractivity contribution < 1.29 is 53.9 Å². The van der Waals surface area contributed by atoms with Crippen molar-refractivity contribution in [1.29, 1.82) is 0 Å². The topological polar surface area (TPSA) is 205 Å². The highest BCUT2D eigenvalue weighted by Gasteiger charge is 2.65. The Morgan fingerprint density at radius 1 is 1.10 bits per heavy atom. The molecule has 11 nitrogen and oxygen atoms in total. The monoisotopic (exact) mass is 338 g/mol. The van der Waals surface area contributed by atoms with E-state index in [2.05, 4.69) is 0 Å². The second-order valence-corrected chi connectivity index (χ2v) is 7.95.